The lowest BCUT2D eigenvalue weighted by Crippen LogP contribution is -2.36. The molecular formula is C23H26N2O4. The number of amides is 2. The van der Waals surface area contributed by atoms with Crippen molar-refractivity contribution < 1.29 is 19.1 Å². The van der Waals surface area contributed by atoms with Crippen LogP contribution in [0.15, 0.2) is 48.5 Å². The smallest absolute Gasteiger partial charge is 0.255 e. The van der Waals surface area contributed by atoms with E-state index in [4.69, 9.17) is 9.47 Å². The summed E-state index contributed by atoms with van der Waals surface area (Å²) in [6.07, 6.45) is 6.29. The number of piperidine rings is 1. The zero-order chi connectivity index (χ0) is 20.6. The van der Waals surface area contributed by atoms with Crippen molar-refractivity contribution in [1.82, 2.24) is 4.90 Å². The Morgan fingerprint density at radius 1 is 1.00 bits per heavy atom. The largest absolute Gasteiger partial charge is 0.497 e. The van der Waals surface area contributed by atoms with Crippen molar-refractivity contribution in [3.8, 4) is 11.5 Å². The van der Waals surface area contributed by atoms with Crippen molar-refractivity contribution in [3.63, 3.8) is 0 Å². The fourth-order valence-corrected chi connectivity index (χ4v) is 3.34. The number of hydrogen-bond acceptors (Lipinski definition) is 4. The normalized spacial score (nSPS) is 13.9. The van der Waals surface area contributed by atoms with E-state index >= 15 is 0 Å². The second kappa shape index (κ2) is 9.78. The number of nitrogens with one attached hydrogen (secondary N) is 1. The second-order valence-corrected chi connectivity index (χ2v) is 6.83. The molecule has 152 valence electrons. The maximum Gasteiger partial charge on any atom is 0.255 e. The number of likely N-dealkylation sites (tertiary alicyclic amines) is 1. The highest BCUT2D eigenvalue weighted by molar-refractivity contribution is 6.07. The number of ether oxygens (including phenoxy) is 2. The number of carbonyl (C=O) groups excluding carboxylic acids is 2. The first-order valence-electron chi connectivity index (χ1n) is 9.72. The molecule has 0 aromatic heterocycles. The molecule has 1 saturated heterocycles. The molecule has 3 rings (SSSR count). The van der Waals surface area contributed by atoms with Gasteiger partial charge in [-0.1, -0.05) is 12.1 Å². The molecule has 0 spiro atoms. The minimum Gasteiger partial charge on any atom is -0.497 e. The molecule has 2 aromatic rings. The highest BCUT2D eigenvalue weighted by Gasteiger charge is 2.20. The van der Waals surface area contributed by atoms with Gasteiger partial charge in [-0.2, -0.15) is 0 Å². The minimum absolute atomic E-state index is 0.0404. The molecule has 2 amide bonds. The molecule has 1 aliphatic heterocycles. The SMILES string of the molecule is COc1ccc(C=CC(=O)Nc2ccccc2C(=O)N2CCCCC2)c(OC)c1. The number of para-hydroxylation sites is 1. The van der Waals surface area contributed by atoms with Gasteiger partial charge in [0.2, 0.25) is 5.91 Å². The van der Waals surface area contributed by atoms with Gasteiger partial charge in [0, 0.05) is 30.8 Å². The van der Waals surface area contributed by atoms with E-state index in [-0.39, 0.29) is 11.8 Å². The molecule has 0 aliphatic carbocycles. The molecule has 0 atom stereocenters. The fraction of sp³-hybridized carbons (Fsp3) is 0.304. The number of hydrogen-bond donors (Lipinski definition) is 1. The first kappa shape index (κ1) is 20.5. The van der Waals surface area contributed by atoms with E-state index in [1.54, 1.807) is 50.6 Å². The van der Waals surface area contributed by atoms with Crippen LogP contribution >= 0.6 is 0 Å². The molecule has 0 saturated carbocycles. The third kappa shape index (κ3) is 5.16. The van der Waals surface area contributed by atoms with E-state index in [1.807, 2.05) is 17.0 Å². The summed E-state index contributed by atoms with van der Waals surface area (Å²) in [5.74, 6) is 0.922. The van der Waals surface area contributed by atoms with Crippen LogP contribution in [0.25, 0.3) is 6.08 Å². The molecule has 1 N–H and O–H groups in total. The van der Waals surface area contributed by atoms with E-state index in [1.165, 1.54) is 6.08 Å². The number of benzene rings is 2. The first-order valence-corrected chi connectivity index (χ1v) is 9.72. The van der Waals surface area contributed by atoms with Crippen molar-refractivity contribution in [1.29, 1.82) is 0 Å². The summed E-state index contributed by atoms with van der Waals surface area (Å²) < 4.78 is 10.5. The topological polar surface area (TPSA) is 67.9 Å². The Morgan fingerprint density at radius 2 is 1.76 bits per heavy atom. The summed E-state index contributed by atoms with van der Waals surface area (Å²) in [4.78, 5) is 27.2. The monoisotopic (exact) mass is 394 g/mol. The van der Waals surface area contributed by atoms with Crippen molar-refractivity contribution >= 4 is 23.6 Å². The predicted octanol–water partition coefficient (Wildman–Crippen LogP) is 3.98. The van der Waals surface area contributed by atoms with Gasteiger partial charge < -0.3 is 19.7 Å². The van der Waals surface area contributed by atoms with E-state index in [9.17, 15) is 9.59 Å². The van der Waals surface area contributed by atoms with Crippen molar-refractivity contribution in [2.24, 2.45) is 0 Å². The first-order chi connectivity index (χ1) is 14.1. The Hall–Kier alpha value is -3.28. The average molecular weight is 394 g/mol. The fourth-order valence-electron chi connectivity index (χ4n) is 3.34. The second-order valence-electron chi connectivity index (χ2n) is 6.83. The molecule has 2 aromatic carbocycles. The van der Waals surface area contributed by atoms with E-state index in [0.717, 1.165) is 37.9 Å². The van der Waals surface area contributed by atoms with Crippen LogP contribution in [0.3, 0.4) is 0 Å². The lowest BCUT2D eigenvalue weighted by Gasteiger charge is -2.27. The molecule has 1 fully saturated rings. The Morgan fingerprint density at radius 3 is 2.48 bits per heavy atom. The number of rotatable bonds is 6. The standard InChI is InChI=1S/C23H26N2O4/c1-28-18-12-10-17(21(16-18)29-2)11-13-22(26)24-20-9-5-4-8-19(20)23(27)25-14-6-3-7-15-25/h4-5,8-13,16H,3,6-7,14-15H2,1-2H3,(H,24,26). The predicted molar refractivity (Wildman–Crippen MR) is 113 cm³/mol. The Kier molecular flexibility index (Phi) is 6.89. The molecule has 0 bridgehead atoms. The molecular weight excluding hydrogens is 368 g/mol. The zero-order valence-corrected chi connectivity index (χ0v) is 16.8. The minimum atomic E-state index is -0.318. The van der Waals surface area contributed by atoms with Gasteiger partial charge in [0.05, 0.1) is 25.5 Å². The van der Waals surface area contributed by atoms with Crippen LogP contribution in [0.4, 0.5) is 5.69 Å². The van der Waals surface area contributed by atoms with E-state index in [0.29, 0.717) is 22.7 Å². The summed E-state index contributed by atoms with van der Waals surface area (Å²) in [5.41, 5.74) is 1.78. The van der Waals surface area contributed by atoms with E-state index < -0.39 is 0 Å². The van der Waals surface area contributed by atoms with Gasteiger partial charge in [-0.25, -0.2) is 0 Å². The van der Waals surface area contributed by atoms with Crippen molar-refractivity contribution in [2.45, 2.75) is 19.3 Å². The summed E-state index contributed by atoms with van der Waals surface area (Å²) in [7, 11) is 3.15. The third-order valence-corrected chi connectivity index (χ3v) is 4.91. The van der Waals surface area contributed by atoms with Crippen LogP contribution in [0.5, 0.6) is 11.5 Å². The van der Waals surface area contributed by atoms with Gasteiger partial charge in [-0.3, -0.25) is 9.59 Å². The molecule has 6 nitrogen and oxygen atoms in total. The summed E-state index contributed by atoms with van der Waals surface area (Å²) >= 11 is 0. The highest BCUT2D eigenvalue weighted by atomic mass is 16.5. The van der Waals surface area contributed by atoms with Crippen LogP contribution in [0.2, 0.25) is 0 Å². The van der Waals surface area contributed by atoms with Gasteiger partial charge in [0.15, 0.2) is 0 Å². The van der Waals surface area contributed by atoms with E-state index in [2.05, 4.69) is 5.32 Å². The average Bonchev–Trinajstić information content (AvgIpc) is 2.78. The zero-order valence-electron chi connectivity index (χ0n) is 16.8. The third-order valence-electron chi connectivity index (χ3n) is 4.91. The summed E-state index contributed by atoms with van der Waals surface area (Å²) in [5, 5.41) is 2.82. The van der Waals surface area contributed by atoms with Gasteiger partial charge >= 0.3 is 0 Å². The molecule has 1 heterocycles. The quantitative estimate of drug-likeness (QED) is 0.753. The van der Waals surface area contributed by atoms with Crippen molar-refractivity contribution in [3.05, 3.63) is 59.7 Å². The van der Waals surface area contributed by atoms with Gasteiger partial charge in [0.1, 0.15) is 11.5 Å². The lowest BCUT2D eigenvalue weighted by molar-refractivity contribution is -0.111. The molecule has 6 heteroatoms. The van der Waals surface area contributed by atoms with Gasteiger partial charge in [0.25, 0.3) is 5.91 Å². The maximum atomic E-state index is 12.9. The Balaban J connectivity index is 1.73. The van der Waals surface area contributed by atoms with Crippen LogP contribution in [0.1, 0.15) is 35.2 Å². The summed E-state index contributed by atoms with van der Waals surface area (Å²) in [6, 6.07) is 12.5. The Labute approximate surface area is 171 Å². The lowest BCUT2D eigenvalue weighted by atomic mass is 10.1. The number of anilines is 1. The molecule has 29 heavy (non-hydrogen) atoms. The van der Waals surface area contributed by atoms with Gasteiger partial charge in [-0.15, -0.1) is 0 Å². The van der Waals surface area contributed by atoms with Crippen LogP contribution in [0, 0.1) is 0 Å². The van der Waals surface area contributed by atoms with Gasteiger partial charge in [-0.05, 0) is 49.6 Å². The molecule has 0 unspecified atom stereocenters. The van der Waals surface area contributed by atoms with Crippen molar-refractivity contribution in [2.75, 3.05) is 32.6 Å². The number of methoxy groups -OCH3 is 2. The summed E-state index contributed by atoms with van der Waals surface area (Å²) in [6.45, 7) is 1.52. The highest BCUT2D eigenvalue weighted by Crippen LogP contribution is 2.26. The Bertz CT molecular complexity index is 902. The maximum absolute atomic E-state index is 12.9. The van der Waals surface area contributed by atoms with Crippen LogP contribution < -0.4 is 14.8 Å². The number of carbonyl (C=O) groups is 2. The number of nitrogens with zero attached hydrogens (tertiary/aromatic N) is 1. The van der Waals surface area contributed by atoms with Crippen LogP contribution in [-0.4, -0.2) is 44.0 Å². The molecule has 0 radical (unpaired) electrons. The van der Waals surface area contributed by atoms with Crippen LogP contribution in [-0.2, 0) is 4.79 Å². The molecule has 1 aliphatic rings.